The molecule has 5 N–H and O–H groups in total. The Bertz CT molecular complexity index is 1370. The minimum absolute atomic E-state index is 0.00126. The van der Waals surface area contributed by atoms with Crippen LogP contribution in [-0.4, -0.2) is 76.5 Å². The summed E-state index contributed by atoms with van der Waals surface area (Å²) in [4.78, 5) is 64.2. The van der Waals surface area contributed by atoms with Gasteiger partial charge >= 0.3 is 5.97 Å². The van der Waals surface area contributed by atoms with Crippen molar-refractivity contribution in [3.8, 4) is 0 Å². The van der Waals surface area contributed by atoms with Gasteiger partial charge < -0.3 is 30.7 Å². The molecule has 3 aliphatic carbocycles. The zero-order valence-electron chi connectivity index (χ0n) is 21.5. The van der Waals surface area contributed by atoms with Gasteiger partial charge in [-0.3, -0.25) is 14.4 Å². The first-order chi connectivity index (χ1) is 18.4. The summed E-state index contributed by atoms with van der Waals surface area (Å²) in [7, 11) is 3.81. The molecule has 0 aliphatic heterocycles. The quantitative estimate of drug-likeness (QED) is 0.124. The number of benzene rings is 1. The molecular formula is C27H29N3O9. The van der Waals surface area contributed by atoms with Crippen LogP contribution < -0.4 is 5.73 Å². The predicted octanol–water partition coefficient (Wildman–Crippen LogP) is 1.78. The zero-order valence-corrected chi connectivity index (χ0v) is 21.5. The van der Waals surface area contributed by atoms with Crippen LogP contribution in [-0.2, 0) is 25.5 Å². The average Bonchev–Trinajstić information content (AvgIpc) is 2.87. The number of esters is 1. The van der Waals surface area contributed by atoms with Crippen molar-refractivity contribution in [1.29, 1.82) is 0 Å². The van der Waals surface area contributed by atoms with E-state index in [2.05, 4.69) is 5.18 Å². The first kappa shape index (κ1) is 27.9. The monoisotopic (exact) mass is 539 g/mol. The maximum absolute atomic E-state index is 13.7. The molecule has 12 heteroatoms. The summed E-state index contributed by atoms with van der Waals surface area (Å²) in [6, 6.07) is 2.83. The van der Waals surface area contributed by atoms with Gasteiger partial charge in [0.2, 0.25) is 5.78 Å². The van der Waals surface area contributed by atoms with Crippen molar-refractivity contribution >= 4 is 35.2 Å². The summed E-state index contributed by atoms with van der Waals surface area (Å²) >= 11 is 0. The highest BCUT2D eigenvalue weighted by molar-refractivity contribution is 6.24. The van der Waals surface area contributed by atoms with Gasteiger partial charge in [0.1, 0.15) is 22.8 Å². The van der Waals surface area contributed by atoms with Crippen molar-refractivity contribution in [2.24, 2.45) is 22.7 Å². The summed E-state index contributed by atoms with van der Waals surface area (Å²) in [5, 5.41) is 35.6. The maximum Gasteiger partial charge on any atom is 0.330 e. The number of amides is 1. The Kier molecular flexibility index (Phi) is 7.53. The molecule has 0 heterocycles. The number of rotatable bonds is 8. The van der Waals surface area contributed by atoms with Gasteiger partial charge in [0.05, 0.1) is 12.2 Å². The van der Waals surface area contributed by atoms with E-state index < -0.39 is 58.0 Å². The van der Waals surface area contributed by atoms with Crippen molar-refractivity contribution in [2.75, 3.05) is 27.2 Å². The third-order valence-corrected chi connectivity index (χ3v) is 7.47. The van der Waals surface area contributed by atoms with Gasteiger partial charge in [0, 0.05) is 30.5 Å². The third-order valence-electron chi connectivity index (χ3n) is 7.47. The van der Waals surface area contributed by atoms with Gasteiger partial charge in [0.25, 0.3) is 5.91 Å². The number of fused-ring (bicyclic) bond motifs is 3. The molecule has 0 radical (unpaired) electrons. The van der Waals surface area contributed by atoms with Gasteiger partial charge in [-0.05, 0) is 67.7 Å². The molecule has 0 aromatic heterocycles. The summed E-state index contributed by atoms with van der Waals surface area (Å²) in [6.45, 7) is 0.971. The van der Waals surface area contributed by atoms with Crippen LogP contribution in [0.15, 0.2) is 46.1 Å². The molecule has 0 saturated carbocycles. The number of nitrogens with zero attached hydrogens (tertiary/aromatic N) is 2. The molecule has 1 aromatic rings. The second-order valence-electron chi connectivity index (χ2n) is 10.2. The first-order valence-electron chi connectivity index (χ1n) is 12.4. The van der Waals surface area contributed by atoms with E-state index in [1.54, 1.807) is 0 Å². The number of primary amides is 1. The molecule has 0 bridgehead atoms. The minimum atomic E-state index is -2.64. The maximum atomic E-state index is 13.7. The fourth-order valence-electron chi connectivity index (χ4n) is 5.63. The van der Waals surface area contributed by atoms with E-state index in [9.17, 15) is 39.4 Å². The smallest absolute Gasteiger partial charge is 0.330 e. The predicted molar refractivity (Wildman–Crippen MR) is 138 cm³/mol. The Morgan fingerprint density at radius 1 is 1.23 bits per heavy atom. The Morgan fingerprint density at radius 3 is 2.59 bits per heavy atom. The van der Waals surface area contributed by atoms with Crippen molar-refractivity contribution < 1.29 is 39.2 Å². The lowest BCUT2D eigenvalue weighted by Crippen LogP contribution is -2.57. The molecule has 1 amide bonds. The number of carbonyl (C=O) groups is 4. The number of aliphatic hydroxyl groups excluding tert-OH is 2. The second kappa shape index (κ2) is 10.5. The van der Waals surface area contributed by atoms with Gasteiger partial charge in [-0.1, -0.05) is 6.07 Å². The molecule has 39 heavy (non-hydrogen) atoms. The van der Waals surface area contributed by atoms with E-state index in [-0.39, 0.29) is 42.7 Å². The number of carbonyl (C=O) groups excluding carboxylic acids is 4. The normalized spacial score (nSPS) is 24.5. The van der Waals surface area contributed by atoms with Crippen molar-refractivity contribution in [1.82, 2.24) is 4.90 Å². The van der Waals surface area contributed by atoms with Gasteiger partial charge in [-0.2, -0.15) is 0 Å². The highest BCUT2D eigenvalue weighted by Crippen LogP contribution is 2.51. The summed E-state index contributed by atoms with van der Waals surface area (Å²) < 4.78 is 5.19. The van der Waals surface area contributed by atoms with Gasteiger partial charge in [-0.15, -0.1) is 4.91 Å². The number of Topliss-reactive ketones (excluding diaryl/α,β-unsaturated/α-hetero) is 2. The molecule has 4 rings (SSSR count). The third kappa shape index (κ3) is 4.77. The molecule has 1 aromatic carbocycles. The number of nitroso groups, excluding NO2 is 1. The van der Waals surface area contributed by atoms with Crippen LogP contribution in [0.25, 0.3) is 6.08 Å². The van der Waals surface area contributed by atoms with Crippen molar-refractivity contribution in [3.63, 3.8) is 0 Å². The van der Waals surface area contributed by atoms with Crippen LogP contribution in [0, 0.1) is 16.7 Å². The van der Waals surface area contributed by atoms with E-state index in [4.69, 9.17) is 10.5 Å². The Morgan fingerprint density at radius 2 is 1.95 bits per heavy atom. The number of aliphatic hydroxyl groups is 3. The number of hydrogen-bond acceptors (Lipinski definition) is 11. The SMILES string of the molecule is CN(C)CCCOC(=O)/C=C/c1ccc(N=O)c2c1C[C@H]1C[C@H]3CC(O)=C(C(N)=O)C(=O)[C@@]3(O)C(O)=C1C2=O. The summed E-state index contributed by atoms with van der Waals surface area (Å²) in [5.41, 5.74) is 1.98. The van der Waals surface area contributed by atoms with E-state index in [1.807, 2.05) is 19.0 Å². The highest BCUT2D eigenvalue weighted by atomic mass is 16.5. The molecule has 0 unspecified atom stereocenters. The lowest BCUT2D eigenvalue weighted by atomic mass is 9.60. The Labute approximate surface area is 223 Å². The molecule has 0 spiro atoms. The lowest BCUT2D eigenvalue weighted by Gasteiger charge is -2.45. The van der Waals surface area contributed by atoms with Crippen molar-refractivity contribution in [3.05, 3.63) is 62.5 Å². The van der Waals surface area contributed by atoms with Crippen LogP contribution in [0.3, 0.4) is 0 Å². The number of ether oxygens (including phenoxy) is 1. The Balaban J connectivity index is 1.71. The number of nitrogens with two attached hydrogens (primary N) is 1. The molecule has 3 atom stereocenters. The van der Waals surface area contributed by atoms with Crippen LogP contribution in [0.2, 0.25) is 0 Å². The van der Waals surface area contributed by atoms with Gasteiger partial charge in [-0.25, -0.2) is 4.79 Å². The fraction of sp³-hybridized carbons (Fsp3) is 0.407. The van der Waals surface area contributed by atoms with Crippen LogP contribution in [0.5, 0.6) is 0 Å². The molecule has 0 fully saturated rings. The molecule has 12 nitrogen and oxygen atoms in total. The average molecular weight is 540 g/mol. The van der Waals surface area contributed by atoms with E-state index in [1.165, 1.54) is 24.3 Å². The zero-order chi connectivity index (χ0) is 28.6. The van der Waals surface area contributed by atoms with Crippen molar-refractivity contribution in [2.45, 2.75) is 31.3 Å². The van der Waals surface area contributed by atoms with E-state index in [0.717, 1.165) is 6.54 Å². The van der Waals surface area contributed by atoms with Crippen LogP contribution in [0.1, 0.15) is 40.7 Å². The number of hydrogen-bond donors (Lipinski definition) is 4. The van der Waals surface area contributed by atoms with E-state index in [0.29, 0.717) is 17.5 Å². The van der Waals surface area contributed by atoms with E-state index >= 15 is 0 Å². The standard InChI is InChI=1S/C27H29N3O9/c1-30(2)8-3-9-39-19(32)7-5-13-4-6-17(29-38)21-16(13)11-14-10-15-12-18(31)22(26(28)36)25(35)27(15,37)24(34)20(14)23(21)33/h4-7,14-15,31,34,37H,3,8-12H2,1-2H3,(H2,28,36)/b7-5+/t14-,15+,27+/m1/s1. The minimum Gasteiger partial charge on any atom is -0.511 e. The number of allylic oxidation sites excluding steroid dienone is 2. The molecular weight excluding hydrogens is 510 g/mol. The highest BCUT2D eigenvalue weighted by Gasteiger charge is 2.59. The summed E-state index contributed by atoms with van der Waals surface area (Å²) in [5.74, 6) is -7.23. The molecule has 0 saturated heterocycles. The fourth-order valence-corrected chi connectivity index (χ4v) is 5.63. The topological polar surface area (TPSA) is 197 Å². The first-order valence-corrected chi connectivity index (χ1v) is 12.4. The van der Waals surface area contributed by atoms with Crippen LogP contribution >= 0.6 is 0 Å². The molecule has 3 aliphatic rings. The second-order valence-corrected chi connectivity index (χ2v) is 10.2. The Hall–Kier alpha value is -4.16. The summed E-state index contributed by atoms with van der Waals surface area (Å²) in [6.07, 6.45) is 3.10. The lowest BCUT2D eigenvalue weighted by molar-refractivity contribution is -0.144. The van der Waals surface area contributed by atoms with Gasteiger partial charge in [0.15, 0.2) is 11.4 Å². The van der Waals surface area contributed by atoms with Crippen LogP contribution in [0.4, 0.5) is 5.69 Å². The largest absolute Gasteiger partial charge is 0.511 e. The molecule has 206 valence electrons. The number of ketones is 2.